The highest BCUT2D eigenvalue weighted by molar-refractivity contribution is 9.10. The molecule has 130 valence electrons. The van der Waals surface area contributed by atoms with Crippen LogP contribution in [0.1, 0.15) is 11.4 Å². The van der Waals surface area contributed by atoms with E-state index in [2.05, 4.69) is 30.8 Å². The molecule has 0 aromatic carbocycles. The van der Waals surface area contributed by atoms with E-state index in [1.54, 1.807) is 18.3 Å². The Kier molecular flexibility index (Phi) is 4.81. The average Bonchev–Trinajstić information content (AvgIpc) is 2.61. The summed E-state index contributed by atoms with van der Waals surface area (Å²) in [5.74, 6) is 0.313. The molecule has 25 heavy (non-hydrogen) atoms. The van der Waals surface area contributed by atoms with E-state index in [1.807, 2.05) is 17.0 Å². The van der Waals surface area contributed by atoms with Crippen LogP contribution in [0.5, 0.6) is 0 Å². The standard InChI is InChI=1S/C16H13BrF3N5/c17-13-3-4-14(23-15(13)16(18,19)20)25-7-5-24(6-8-25)12-2-1-11(9-21)22-10-12/h1-4,10H,5-8H2. The van der Waals surface area contributed by atoms with Crippen molar-refractivity contribution in [3.05, 3.63) is 46.3 Å². The molecule has 0 radical (unpaired) electrons. The van der Waals surface area contributed by atoms with Gasteiger partial charge in [0.2, 0.25) is 0 Å². The second-order valence-electron chi connectivity index (χ2n) is 5.49. The molecule has 1 aliphatic heterocycles. The van der Waals surface area contributed by atoms with Crippen molar-refractivity contribution in [2.75, 3.05) is 36.0 Å². The highest BCUT2D eigenvalue weighted by Gasteiger charge is 2.35. The van der Waals surface area contributed by atoms with Gasteiger partial charge in [-0.2, -0.15) is 18.4 Å². The van der Waals surface area contributed by atoms with Gasteiger partial charge in [-0.1, -0.05) is 0 Å². The molecule has 3 heterocycles. The average molecular weight is 412 g/mol. The molecule has 3 rings (SSSR count). The van der Waals surface area contributed by atoms with Gasteiger partial charge < -0.3 is 9.80 Å². The number of nitriles is 1. The molecule has 0 unspecified atom stereocenters. The van der Waals surface area contributed by atoms with Crippen molar-refractivity contribution < 1.29 is 13.2 Å². The number of hydrogen-bond donors (Lipinski definition) is 0. The van der Waals surface area contributed by atoms with E-state index < -0.39 is 11.9 Å². The third kappa shape index (κ3) is 3.85. The van der Waals surface area contributed by atoms with Crippen molar-refractivity contribution >= 4 is 27.4 Å². The summed E-state index contributed by atoms with van der Waals surface area (Å²) in [6.45, 7) is 2.36. The Hall–Kier alpha value is -2.34. The number of hydrogen-bond acceptors (Lipinski definition) is 5. The number of nitrogens with zero attached hydrogens (tertiary/aromatic N) is 5. The van der Waals surface area contributed by atoms with Gasteiger partial charge in [0.1, 0.15) is 17.6 Å². The zero-order valence-corrected chi connectivity index (χ0v) is 14.5. The maximum Gasteiger partial charge on any atom is 0.434 e. The maximum atomic E-state index is 13.0. The van der Waals surface area contributed by atoms with Crippen LogP contribution in [0.2, 0.25) is 0 Å². The third-order valence-corrected chi connectivity index (χ3v) is 4.57. The van der Waals surface area contributed by atoms with Crippen LogP contribution in [0.4, 0.5) is 24.7 Å². The number of piperazine rings is 1. The Balaban J connectivity index is 1.71. The molecule has 0 saturated carbocycles. The molecule has 5 nitrogen and oxygen atoms in total. The summed E-state index contributed by atoms with van der Waals surface area (Å²) in [5.41, 5.74) is 0.322. The molecule has 0 aliphatic carbocycles. The molecule has 2 aromatic heterocycles. The summed E-state index contributed by atoms with van der Waals surface area (Å²) in [6.07, 6.45) is -2.86. The quantitative estimate of drug-likeness (QED) is 0.757. The van der Waals surface area contributed by atoms with Gasteiger partial charge in [-0.3, -0.25) is 0 Å². The van der Waals surface area contributed by atoms with Crippen molar-refractivity contribution in [3.8, 4) is 6.07 Å². The summed E-state index contributed by atoms with van der Waals surface area (Å²) in [4.78, 5) is 11.7. The highest BCUT2D eigenvalue weighted by Crippen LogP contribution is 2.34. The minimum absolute atomic E-state index is 0.0638. The van der Waals surface area contributed by atoms with Gasteiger partial charge in [-0.05, 0) is 40.2 Å². The topological polar surface area (TPSA) is 56.1 Å². The number of rotatable bonds is 2. The molecule has 0 N–H and O–H groups in total. The Labute approximate surface area is 150 Å². The highest BCUT2D eigenvalue weighted by atomic mass is 79.9. The number of aromatic nitrogens is 2. The summed E-state index contributed by atoms with van der Waals surface area (Å²) < 4.78 is 38.9. The van der Waals surface area contributed by atoms with Gasteiger partial charge in [-0.25, -0.2) is 9.97 Å². The van der Waals surface area contributed by atoms with E-state index in [0.29, 0.717) is 37.7 Å². The van der Waals surface area contributed by atoms with Crippen molar-refractivity contribution in [3.63, 3.8) is 0 Å². The van der Waals surface area contributed by atoms with Crippen LogP contribution in [0.25, 0.3) is 0 Å². The first-order valence-corrected chi connectivity index (χ1v) is 8.27. The molecule has 0 atom stereocenters. The van der Waals surface area contributed by atoms with Crippen LogP contribution in [0.15, 0.2) is 34.9 Å². The van der Waals surface area contributed by atoms with E-state index >= 15 is 0 Å². The molecular weight excluding hydrogens is 399 g/mol. The lowest BCUT2D eigenvalue weighted by molar-refractivity contribution is -0.141. The van der Waals surface area contributed by atoms with Crippen LogP contribution in [-0.2, 0) is 6.18 Å². The summed E-state index contributed by atoms with van der Waals surface area (Å²) in [6, 6.07) is 8.39. The predicted molar refractivity (Wildman–Crippen MR) is 90.3 cm³/mol. The van der Waals surface area contributed by atoms with Crippen molar-refractivity contribution in [1.29, 1.82) is 5.26 Å². The van der Waals surface area contributed by atoms with E-state index in [-0.39, 0.29) is 4.47 Å². The van der Waals surface area contributed by atoms with Crippen LogP contribution >= 0.6 is 15.9 Å². The minimum atomic E-state index is -4.50. The Morgan fingerprint density at radius 2 is 1.72 bits per heavy atom. The van der Waals surface area contributed by atoms with Gasteiger partial charge in [0.15, 0.2) is 5.69 Å². The fourth-order valence-electron chi connectivity index (χ4n) is 2.64. The van der Waals surface area contributed by atoms with E-state index in [9.17, 15) is 13.2 Å². The van der Waals surface area contributed by atoms with Crippen LogP contribution in [0.3, 0.4) is 0 Å². The van der Waals surface area contributed by atoms with Gasteiger partial charge in [0.05, 0.1) is 11.9 Å². The lowest BCUT2D eigenvalue weighted by Crippen LogP contribution is -2.47. The summed E-state index contributed by atoms with van der Waals surface area (Å²) in [7, 11) is 0. The van der Waals surface area contributed by atoms with Crippen molar-refractivity contribution in [2.45, 2.75) is 6.18 Å². The van der Waals surface area contributed by atoms with Crippen LogP contribution < -0.4 is 9.80 Å². The zero-order valence-electron chi connectivity index (χ0n) is 13.0. The molecular formula is C16H13BrF3N5. The van der Waals surface area contributed by atoms with Crippen molar-refractivity contribution in [2.24, 2.45) is 0 Å². The van der Waals surface area contributed by atoms with E-state index in [4.69, 9.17) is 5.26 Å². The smallest absolute Gasteiger partial charge is 0.367 e. The van der Waals surface area contributed by atoms with Gasteiger partial charge >= 0.3 is 6.18 Å². The zero-order chi connectivity index (χ0) is 18.0. The van der Waals surface area contributed by atoms with Crippen LogP contribution in [0, 0.1) is 11.3 Å². The number of halogens is 4. The van der Waals surface area contributed by atoms with Crippen LogP contribution in [-0.4, -0.2) is 36.1 Å². The summed E-state index contributed by atoms with van der Waals surface area (Å²) in [5, 5.41) is 8.78. The normalized spacial score (nSPS) is 15.2. The molecule has 1 fully saturated rings. The molecule has 0 bridgehead atoms. The fourth-order valence-corrected chi connectivity index (χ4v) is 3.09. The summed E-state index contributed by atoms with van der Waals surface area (Å²) >= 11 is 2.90. The molecule has 2 aromatic rings. The second-order valence-corrected chi connectivity index (χ2v) is 6.34. The maximum absolute atomic E-state index is 13.0. The lowest BCUT2D eigenvalue weighted by Gasteiger charge is -2.36. The largest absolute Gasteiger partial charge is 0.434 e. The SMILES string of the molecule is N#Cc1ccc(N2CCN(c3ccc(Br)c(C(F)(F)F)n3)CC2)cn1. The molecule has 0 amide bonds. The number of anilines is 2. The van der Waals surface area contributed by atoms with Gasteiger partial charge in [0.25, 0.3) is 0 Å². The first-order chi connectivity index (χ1) is 11.9. The first-order valence-electron chi connectivity index (χ1n) is 7.48. The lowest BCUT2D eigenvalue weighted by atomic mass is 10.2. The fraction of sp³-hybridized carbons (Fsp3) is 0.312. The number of pyridine rings is 2. The predicted octanol–water partition coefficient (Wildman–Crippen LogP) is 3.46. The van der Waals surface area contributed by atoms with Gasteiger partial charge in [-0.15, -0.1) is 0 Å². The second kappa shape index (κ2) is 6.88. The molecule has 9 heteroatoms. The monoisotopic (exact) mass is 411 g/mol. The Morgan fingerprint density at radius 1 is 1.04 bits per heavy atom. The molecule has 1 saturated heterocycles. The molecule has 0 spiro atoms. The van der Waals surface area contributed by atoms with Crippen molar-refractivity contribution in [1.82, 2.24) is 9.97 Å². The Bertz CT molecular complexity index is 793. The third-order valence-electron chi connectivity index (χ3n) is 3.93. The van der Waals surface area contributed by atoms with Gasteiger partial charge in [0, 0.05) is 30.7 Å². The van der Waals surface area contributed by atoms with E-state index in [1.165, 1.54) is 6.07 Å². The van der Waals surface area contributed by atoms with E-state index in [0.717, 1.165) is 5.69 Å². The Morgan fingerprint density at radius 3 is 2.28 bits per heavy atom. The first kappa shape index (κ1) is 17.5. The number of alkyl halides is 3. The minimum Gasteiger partial charge on any atom is -0.367 e. The molecule has 1 aliphatic rings.